The largest absolute Gasteiger partial charge is 0.489 e. The minimum absolute atomic E-state index is 0.165. The van der Waals surface area contributed by atoms with Gasteiger partial charge in [-0.05, 0) is 82.7 Å². The molecule has 3 aromatic rings. The average molecular weight is 478 g/mol. The molecule has 1 N–H and O–H groups in total. The lowest BCUT2D eigenvalue weighted by atomic mass is 10.1. The summed E-state index contributed by atoms with van der Waals surface area (Å²) < 4.78 is 6.73. The SMILES string of the molecule is CCCCc1ccc(NC(=O)/C=C/c2ccc(OCc3ccc(C)cc3)cc2)c(Br)c1. The van der Waals surface area contributed by atoms with Gasteiger partial charge in [0, 0.05) is 10.5 Å². The molecule has 160 valence electrons. The zero-order chi connectivity index (χ0) is 22.1. The molecule has 3 nitrogen and oxygen atoms in total. The zero-order valence-electron chi connectivity index (χ0n) is 18.0. The monoisotopic (exact) mass is 477 g/mol. The van der Waals surface area contributed by atoms with Gasteiger partial charge >= 0.3 is 0 Å². The topological polar surface area (TPSA) is 38.3 Å². The number of hydrogen-bond donors (Lipinski definition) is 1. The number of halogens is 1. The van der Waals surface area contributed by atoms with E-state index in [4.69, 9.17) is 4.74 Å². The predicted octanol–water partition coefficient (Wildman–Crippen LogP) is 7.33. The molecule has 1 amide bonds. The summed E-state index contributed by atoms with van der Waals surface area (Å²) in [5.41, 5.74) is 5.35. The van der Waals surface area contributed by atoms with Crippen LogP contribution < -0.4 is 10.1 Å². The first-order valence-electron chi connectivity index (χ1n) is 10.6. The smallest absolute Gasteiger partial charge is 0.248 e. The fraction of sp³-hybridized carbons (Fsp3) is 0.222. The Kier molecular flexibility index (Phi) is 8.48. The summed E-state index contributed by atoms with van der Waals surface area (Å²) in [6.45, 7) is 4.78. The Bertz CT molecular complexity index is 1020. The van der Waals surface area contributed by atoms with Crippen molar-refractivity contribution in [2.24, 2.45) is 0 Å². The lowest BCUT2D eigenvalue weighted by Gasteiger charge is -2.08. The summed E-state index contributed by atoms with van der Waals surface area (Å²) in [7, 11) is 0. The molecule has 0 radical (unpaired) electrons. The normalized spacial score (nSPS) is 10.9. The van der Waals surface area contributed by atoms with Crippen molar-refractivity contribution in [1.82, 2.24) is 0 Å². The van der Waals surface area contributed by atoms with Crippen molar-refractivity contribution in [3.05, 3.63) is 99.5 Å². The van der Waals surface area contributed by atoms with E-state index in [1.54, 1.807) is 12.2 Å². The van der Waals surface area contributed by atoms with E-state index in [2.05, 4.69) is 71.5 Å². The molecule has 0 heterocycles. The molecule has 0 saturated carbocycles. The van der Waals surface area contributed by atoms with Gasteiger partial charge in [0.25, 0.3) is 0 Å². The summed E-state index contributed by atoms with van der Waals surface area (Å²) >= 11 is 3.55. The van der Waals surface area contributed by atoms with E-state index >= 15 is 0 Å². The molecule has 3 aromatic carbocycles. The third-order valence-electron chi connectivity index (χ3n) is 4.94. The van der Waals surface area contributed by atoms with Crippen molar-refractivity contribution in [1.29, 1.82) is 0 Å². The molecule has 0 atom stereocenters. The van der Waals surface area contributed by atoms with Crippen LogP contribution >= 0.6 is 15.9 Å². The predicted molar refractivity (Wildman–Crippen MR) is 132 cm³/mol. The molecule has 0 aliphatic heterocycles. The lowest BCUT2D eigenvalue weighted by Crippen LogP contribution is -2.08. The van der Waals surface area contributed by atoms with Crippen LogP contribution in [0.2, 0.25) is 0 Å². The summed E-state index contributed by atoms with van der Waals surface area (Å²) in [5, 5.41) is 2.92. The molecule has 0 bridgehead atoms. The van der Waals surface area contributed by atoms with Gasteiger partial charge in [0.05, 0.1) is 5.69 Å². The van der Waals surface area contributed by atoms with Crippen molar-refractivity contribution < 1.29 is 9.53 Å². The number of unbranched alkanes of at least 4 members (excludes halogenated alkanes) is 1. The van der Waals surface area contributed by atoms with Crippen molar-refractivity contribution >= 4 is 33.6 Å². The van der Waals surface area contributed by atoms with Crippen LogP contribution in [-0.2, 0) is 17.8 Å². The second-order valence-corrected chi connectivity index (χ2v) is 8.44. The highest BCUT2D eigenvalue weighted by Crippen LogP contribution is 2.24. The molecule has 0 fully saturated rings. The highest BCUT2D eigenvalue weighted by Gasteiger charge is 2.04. The van der Waals surface area contributed by atoms with E-state index < -0.39 is 0 Å². The van der Waals surface area contributed by atoms with Crippen molar-refractivity contribution in [2.75, 3.05) is 5.32 Å². The van der Waals surface area contributed by atoms with Gasteiger partial charge in [-0.1, -0.05) is 61.4 Å². The van der Waals surface area contributed by atoms with Gasteiger partial charge in [0.2, 0.25) is 5.91 Å². The van der Waals surface area contributed by atoms with E-state index in [-0.39, 0.29) is 5.91 Å². The number of aryl methyl sites for hydroxylation is 2. The van der Waals surface area contributed by atoms with E-state index in [9.17, 15) is 4.79 Å². The molecule has 0 unspecified atom stereocenters. The van der Waals surface area contributed by atoms with Crippen molar-refractivity contribution in [3.63, 3.8) is 0 Å². The number of nitrogens with one attached hydrogen (secondary N) is 1. The van der Waals surface area contributed by atoms with Crippen molar-refractivity contribution in [2.45, 2.75) is 39.7 Å². The van der Waals surface area contributed by atoms with Gasteiger partial charge in [-0.25, -0.2) is 0 Å². The average Bonchev–Trinajstić information content (AvgIpc) is 2.78. The highest BCUT2D eigenvalue weighted by molar-refractivity contribution is 9.10. The van der Waals surface area contributed by atoms with Crippen LogP contribution in [0.1, 0.15) is 42.0 Å². The molecular formula is C27H28BrNO2. The number of ether oxygens (including phenoxy) is 1. The number of carbonyl (C=O) groups excluding carboxylic acids is 1. The Morgan fingerprint density at radius 1 is 1.00 bits per heavy atom. The second kappa shape index (κ2) is 11.5. The number of rotatable bonds is 9. The fourth-order valence-corrected chi connectivity index (χ4v) is 3.59. The Hall–Kier alpha value is -2.85. The van der Waals surface area contributed by atoms with Crippen LogP contribution in [-0.4, -0.2) is 5.91 Å². The Morgan fingerprint density at radius 2 is 1.71 bits per heavy atom. The molecule has 0 spiro atoms. The van der Waals surface area contributed by atoms with Gasteiger partial charge in [0.1, 0.15) is 12.4 Å². The third kappa shape index (κ3) is 7.41. The van der Waals surface area contributed by atoms with Crippen LogP contribution in [0.5, 0.6) is 5.75 Å². The molecule has 0 saturated heterocycles. The van der Waals surface area contributed by atoms with E-state index in [1.807, 2.05) is 30.3 Å². The third-order valence-corrected chi connectivity index (χ3v) is 5.60. The van der Waals surface area contributed by atoms with Crippen molar-refractivity contribution in [3.8, 4) is 5.75 Å². The Balaban J connectivity index is 1.51. The minimum Gasteiger partial charge on any atom is -0.489 e. The van der Waals surface area contributed by atoms with Gasteiger partial charge < -0.3 is 10.1 Å². The van der Waals surface area contributed by atoms with E-state index in [1.165, 1.54) is 17.5 Å². The Morgan fingerprint density at radius 3 is 2.39 bits per heavy atom. The van der Waals surface area contributed by atoms with E-state index in [0.29, 0.717) is 6.61 Å². The Labute approximate surface area is 193 Å². The molecule has 0 aromatic heterocycles. The quantitative estimate of drug-likeness (QED) is 0.327. The van der Waals surface area contributed by atoms with Gasteiger partial charge in [-0.2, -0.15) is 0 Å². The molecule has 4 heteroatoms. The number of amides is 1. The summed E-state index contributed by atoms with van der Waals surface area (Å²) in [4.78, 5) is 12.3. The fourth-order valence-electron chi connectivity index (χ4n) is 3.07. The standard InChI is InChI=1S/C27H28BrNO2/c1-3-4-5-22-12-16-26(25(28)18-22)29-27(30)17-13-21-10-14-24(15-11-21)31-19-23-8-6-20(2)7-9-23/h6-18H,3-5,19H2,1-2H3,(H,29,30)/b17-13+. The van der Waals surface area contributed by atoms with Gasteiger partial charge in [0.15, 0.2) is 0 Å². The number of anilines is 1. The maximum absolute atomic E-state index is 12.3. The van der Waals surface area contributed by atoms with Crippen LogP contribution in [0.25, 0.3) is 6.08 Å². The lowest BCUT2D eigenvalue weighted by molar-refractivity contribution is -0.111. The molecular weight excluding hydrogens is 450 g/mol. The molecule has 0 aliphatic carbocycles. The maximum Gasteiger partial charge on any atom is 0.248 e. The summed E-state index contributed by atoms with van der Waals surface area (Å²) in [6, 6.07) is 22.1. The van der Waals surface area contributed by atoms with Gasteiger partial charge in [-0.3, -0.25) is 4.79 Å². The number of benzene rings is 3. The first-order valence-corrected chi connectivity index (χ1v) is 11.4. The van der Waals surface area contributed by atoms with Crippen LogP contribution in [0.4, 0.5) is 5.69 Å². The highest BCUT2D eigenvalue weighted by atomic mass is 79.9. The minimum atomic E-state index is -0.165. The zero-order valence-corrected chi connectivity index (χ0v) is 19.6. The number of hydrogen-bond acceptors (Lipinski definition) is 2. The van der Waals surface area contributed by atoms with E-state index in [0.717, 1.165) is 39.9 Å². The maximum atomic E-state index is 12.3. The first kappa shape index (κ1) is 22.8. The number of carbonyl (C=O) groups is 1. The van der Waals surface area contributed by atoms with Crippen LogP contribution in [0, 0.1) is 6.92 Å². The van der Waals surface area contributed by atoms with Gasteiger partial charge in [-0.15, -0.1) is 0 Å². The molecule has 31 heavy (non-hydrogen) atoms. The second-order valence-electron chi connectivity index (χ2n) is 7.58. The summed E-state index contributed by atoms with van der Waals surface area (Å²) in [5.74, 6) is 0.635. The molecule has 0 aliphatic rings. The van der Waals surface area contributed by atoms with Crippen LogP contribution in [0.3, 0.4) is 0 Å². The summed E-state index contributed by atoms with van der Waals surface area (Å²) in [6.07, 6.45) is 6.72. The molecule has 3 rings (SSSR count). The van der Waals surface area contributed by atoms with Crippen LogP contribution in [0.15, 0.2) is 77.3 Å². The first-order chi connectivity index (χ1) is 15.0.